The lowest BCUT2D eigenvalue weighted by atomic mass is 10.1. The highest BCUT2D eigenvalue weighted by molar-refractivity contribution is 7.80. The van der Waals surface area contributed by atoms with Crippen molar-refractivity contribution in [3.63, 3.8) is 0 Å². The summed E-state index contributed by atoms with van der Waals surface area (Å²) in [5, 5.41) is 0. The van der Waals surface area contributed by atoms with E-state index in [1.54, 1.807) is 24.3 Å². The minimum absolute atomic E-state index is 0.157. The van der Waals surface area contributed by atoms with Crippen LogP contribution in [0.3, 0.4) is 0 Å². The number of hydrogen-bond donors (Lipinski definition) is 1. The molecule has 0 aromatic heterocycles. The van der Waals surface area contributed by atoms with Gasteiger partial charge in [-0.15, -0.1) is 0 Å². The highest BCUT2D eigenvalue weighted by atomic mass is 32.1. The number of halogens is 1. The first-order valence-electron chi connectivity index (χ1n) is 6.24. The van der Waals surface area contributed by atoms with Crippen LogP contribution < -0.4 is 19.9 Å². The monoisotopic (exact) mass is 305 g/mol. The normalized spacial score (nSPS) is 12.2. The average Bonchev–Trinajstić information content (AvgIpc) is 2.92. The van der Waals surface area contributed by atoms with E-state index in [9.17, 15) is 4.39 Å². The lowest BCUT2D eigenvalue weighted by Crippen LogP contribution is -2.13. The van der Waals surface area contributed by atoms with E-state index in [1.165, 1.54) is 12.1 Å². The predicted octanol–water partition coefficient (Wildman–Crippen LogP) is 2.77. The minimum atomic E-state index is -0.362. The Labute approximate surface area is 126 Å². The third-order valence-electron chi connectivity index (χ3n) is 3.07. The van der Waals surface area contributed by atoms with E-state index in [-0.39, 0.29) is 24.2 Å². The molecular formula is C15H12FNO3S. The SMILES string of the molecule is NC(=S)c1ccc(F)cc1COc1ccc2c(c1)OCO2. The molecule has 108 valence electrons. The zero-order chi connectivity index (χ0) is 14.8. The van der Waals surface area contributed by atoms with Crippen molar-refractivity contribution in [2.75, 3.05) is 6.79 Å². The van der Waals surface area contributed by atoms with Gasteiger partial charge < -0.3 is 19.9 Å². The molecule has 0 saturated carbocycles. The third-order valence-corrected chi connectivity index (χ3v) is 3.29. The Morgan fingerprint density at radius 3 is 2.81 bits per heavy atom. The molecule has 1 heterocycles. The van der Waals surface area contributed by atoms with E-state index in [0.29, 0.717) is 28.4 Å². The Balaban J connectivity index is 1.78. The summed E-state index contributed by atoms with van der Waals surface area (Å²) >= 11 is 4.95. The number of benzene rings is 2. The van der Waals surface area contributed by atoms with E-state index in [1.807, 2.05) is 0 Å². The molecule has 6 heteroatoms. The van der Waals surface area contributed by atoms with Gasteiger partial charge >= 0.3 is 0 Å². The van der Waals surface area contributed by atoms with Gasteiger partial charge in [-0.25, -0.2) is 4.39 Å². The smallest absolute Gasteiger partial charge is 0.231 e. The maximum Gasteiger partial charge on any atom is 0.231 e. The van der Waals surface area contributed by atoms with Crippen LogP contribution in [-0.4, -0.2) is 11.8 Å². The molecule has 0 saturated heterocycles. The van der Waals surface area contributed by atoms with Crippen LogP contribution >= 0.6 is 12.2 Å². The standard InChI is InChI=1S/C15H12FNO3S/c16-10-1-3-12(15(17)21)9(5-10)7-18-11-2-4-13-14(6-11)20-8-19-13/h1-6H,7-8H2,(H2,17,21). The van der Waals surface area contributed by atoms with Gasteiger partial charge in [0.1, 0.15) is 23.2 Å². The summed E-state index contributed by atoms with van der Waals surface area (Å²) in [7, 11) is 0. The molecular weight excluding hydrogens is 293 g/mol. The van der Waals surface area contributed by atoms with Crippen molar-refractivity contribution in [1.29, 1.82) is 0 Å². The lowest BCUT2D eigenvalue weighted by molar-refractivity contribution is 0.173. The van der Waals surface area contributed by atoms with Crippen molar-refractivity contribution >= 4 is 17.2 Å². The molecule has 0 atom stereocenters. The van der Waals surface area contributed by atoms with Crippen molar-refractivity contribution < 1.29 is 18.6 Å². The topological polar surface area (TPSA) is 53.7 Å². The van der Waals surface area contributed by atoms with Crippen molar-refractivity contribution in [3.8, 4) is 17.2 Å². The molecule has 4 nitrogen and oxygen atoms in total. The van der Waals surface area contributed by atoms with Crippen LogP contribution in [0.15, 0.2) is 36.4 Å². The van der Waals surface area contributed by atoms with Crippen molar-refractivity contribution in [3.05, 3.63) is 53.3 Å². The average molecular weight is 305 g/mol. The van der Waals surface area contributed by atoms with E-state index >= 15 is 0 Å². The van der Waals surface area contributed by atoms with Gasteiger partial charge in [-0.1, -0.05) is 12.2 Å². The number of nitrogens with two attached hydrogens (primary N) is 1. The van der Waals surface area contributed by atoms with Gasteiger partial charge in [-0.3, -0.25) is 0 Å². The quantitative estimate of drug-likeness (QED) is 0.880. The first-order valence-corrected chi connectivity index (χ1v) is 6.65. The molecule has 2 N–H and O–H groups in total. The third kappa shape index (κ3) is 2.90. The van der Waals surface area contributed by atoms with Crippen LogP contribution in [0.2, 0.25) is 0 Å². The van der Waals surface area contributed by atoms with Gasteiger partial charge in [0.15, 0.2) is 11.5 Å². The highest BCUT2D eigenvalue weighted by Crippen LogP contribution is 2.35. The van der Waals surface area contributed by atoms with Gasteiger partial charge in [-0.2, -0.15) is 0 Å². The van der Waals surface area contributed by atoms with Crippen LogP contribution in [0.5, 0.6) is 17.2 Å². The number of thiocarbonyl (C=S) groups is 1. The van der Waals surface area contributed by atoms with E-state index in [2.05, 4.69) is 0 Å². The maximum atomic E-state index is 13.3. The van der Waals surface area contributed by atoms with Crippen LogP contribution in [0.1, 0.15) is 11.1 Å². The summed E-state index contributed by atoms with van der Waals surface area (Å²) in [5.41, 5.74) is 6.83. The molecule has 0 aliphatic carbocycles. The van der Waals surface area contributed by atoms with E-state index in [4.69, 9.17) is 32.2 Å². The molecule has 0 bridgehead atoms. The molecule has 0 unspecified atom stereocenters. The Kier molecular flexibility index (Phi) is 3.62. The molecule has 0 amide bonds. The lowest BCUT2D eigenvalue weighted by Gasteiger charge is -2.11. The largest absolute Gasteiger partial charge is 0.489 e. The molecule has 1 aliphatic heterocycles. The molecule has 0 fully saturated rings. The fourth-order valence-corrected chi connectivity index (χ4v) is 2.25. The van der Waals surface area contributed by atoms with E-state index in [0.717, 1.165) is 0 Å². The van der Waals surface area contributed by atoms with Crippen LogP contribution in [0.4, 0.5) is 4.39 Å². The summed E-state index contributed by atoms with van der Waals surface area (Å²) in [5.74, 6) is 1.54. The number of fused-ring (bicyclic) bond motifs is 1. The predicted molar refractivity (Wildman–Crippen MR) is 79.2 cm³/mol. The number of hydrogen-bond acceptors (Lipinski definition) is 4. The summed E-state index contributed by atoms with van der Waals surface area (Å²) in [6, 6.07) is 9.48. The fourth-order valence-electron chi connectivity index (χ4n) is 2.05. The van der Waals surface area contributed by atoms with Crippen molar-refractivity contribution in [2.45, 2.75) is 6.61 Å². The summed E-state index contributed by atoms with van der Waals surface area (Å²) in [6.45, 7) is 0.359. The summed E-state index contributed by atoms with van der Waals surface area (Å²) in [4.78, 5) is 0.208. The highest BCUT2D eigenvalue weighted by Gasteiger charge is 2.14. The molecule has 21 heavy (non-hydrogen) atoms. The molecule has 2 aromatic rings. The Bertz CT molecular complexity index is 705. The molecule has 3 rings (SSSR count). The Morgan fingerprint density at radius 1 is 1.19 bits per heavy atom. The summed E-state index contributed by atoms with van der Waals surface area (Å²) < 4.78 is 29.5. The van der Waals surface area contributed by atoms with Gasteiger partial charge in [-0.05, 0) is 30.3 Å². The van der Waals surface area contributed by atoms with Crippen LogP contribution in [0.25, 0.3) is 0 Å². The van der Waals surface area contributed by atoms with Crippen LogP contribution in [0, 0.1) is 5.82 Å². The number of rotatable bonds is 4. The Morgan fingerprint density at radius 2 is 2.00 bits per heavy atom. The molecule has 2 aromatic carbocycles. The van der Waals surface area contributed by atoms with Crippen molar-refractivity contribution in [2.24, 2.45) is 5.73 Å². The Hall–Kier alpha value is -2.34. The van der Waals surface area contributed by atoms with Gasteiger partial charge in [0.2, 0.25) is 6.79 Å². The molecule has 0 spiro atoms. The van der Waals surface area contributed by atoms with Gasteiger partial charge in [0, 0.05) is 17.2 Å². The van der Waals surface area contributed by atoms with Crippen molar-refractivity contribution in [1.82, 2.24) is 0 Å². The van der Waals surface area contributed by atoms with Gasteiger partial charge in [0.05, 0.1) is 0 Å². The second kappa shape index (κ2) is 5.57. The maximum absolute atomic E-state index is 13.3. The second-order valence-corrected chi connectivity index (χ2v) is 4.91. The minimum Gasteiger partial charge on any atom is -0.489 e. The van der Waals surface area contributed by atoms with Gasteiger partial charge in [0.25, 0.3) is 0 Å². The molecule has 0 radical (unpaired) electrons. The number of ether oxygens (including phenoxy) is 3. The first-order chi connectivity index (χ1) is 10.1. The molecule has 1 aliphatic rings. The second-order valence-electron chi connectivity index (χ2n) is 4.47. The summed E-state index contributed by atoms with van der Waals surface area (Å²) in [6.07, 6.45) is 0. The fraction of sp³-hybridized carbons (Fsp3) is 0.133. The van der Waals surface area contributed by atoms with E-state index < -0.39 is 0 Å². The first kappa shape index (κ1) is 13.6. The zero-order valence-electron chi connectivity index (χ0n) is 11.0. The zero-order valence-corrected chi connectivity index (χ0v) is 11.8. The van der Waals surface area contributed by atoms with Crippen LogP contribution in [-0.2, 0) is 6.61 Å².